The Hall–Kier alpha value is -2.29. The molecule has 0 atom stereocenters. The van der Waals surface area contributed by atoms with Gasteiger partial charge in [-0.15, -0.1) is 0 Å². The maximum absolute atomic E-state index is 12.1. The highest BCUT2D eigenvalue weighted by Gasteiger charge is 2.18. The monoisotopic (exact) mass is 389 g/mol. The molecule has 4 nitrogen and oxygen atoms in total. The van der Waals surface area contributed by atoms with Crippen molar-refractivity contribution in [3.8, 4) is 11.8 Å². The molecule has 0 unspecified atom stereocenters. The van der Waals surface area contributed by atoms with E-state index >= 15 is 0 Å². The standard InChI is InChI=1S/C20H20ClNO3S/c1-15(2)26(24,25)19-10-8-17(9-11-19)14-20(23)22-12-4-6-16-5-3-7-18(21)13-16/h3,5,7-11,13,15H,12,14H2,1-2H3,(H,22,23). The van der Waals surface area contributed by atoms with Crippen molar-refractivity contribution in [3.63, 3.8) is 0 Å². The SMILES string of the molecule is CC(C)S(=O)(=O)c1ccc(CC(=O)NCC#Cc2cccc(Cl)c2)cc1. The molecule has 1 N–H and O–H groups in total. The fraction of sp³-hybridized carbons (Fsp3) is 0.250. The molecule has 6 heteroatoms. The summed E-state index contributed by atoms with van der Waals surface area (Å²) in [4.78, 5) is 12.2. The van der Waals surface area contributed by atoms with Crippen LogP contribution in [-0.4, -0.2) is 26.1 Å². The van der Waals surface area contributed by atoms with Gasteiger partial charge in [0.05, 0.1) is 23.1 Å². The molecule has 0 aliphatic rings. The number of benzene rings is 2. The molecule has 26 heavy (non-hydrogen) atoms. The quantitative estimate of drug-likeness (QED) is 0.798. The van der Waals surface area contributed by atoms with Crippen LogP contribution in [-0.2, 0) is 21.1 Å². The molecule has 0 saturated heterocycles. The number of nitrogens with one attached hydrogen (secondary N) is 1. The maximum Gasteiger partial charge on any atom is 0.225 e. The largest absolute Gasteiger partial charge is 0.345 e. The van der Waals surface area contributed by atoms with Gasteiger partial charge in [-0.05, 0) is 49.7 Å². The Morgan fingerprint density at radius 1 is 1.15 bits per heavy atom. The summed E-state index contributed by atoms with van der Waals surface area (Å²) in [6.45, 7) is 3.51. The molecule has 0 spiro atoms. The van der Waals surface area contributed by atoms with Gasteiger partial charge in [0.2, 0.25) is 5.91 Å². The van der Waals surface area contributed by atoms with Crippen molar-refractivity contribution < 1.29 is 13.2 Å². The lowest BCUT2D eigenvalue weighted by molar-refractivity contribution is -0.120. The van der Waals surface area contributed by atoms with E-state index < -0.39 is 15.1 Å². The fourth-order valence-electron chi connectivity index (χ4n) is 2.17. The number of carbonyl (C=O) groups is 1. The fourth-order valence-corrected chi connectivity index (χ4v) is 3.42. The summed E-state index contributed by atoms with van der Waals surface area (Å²) in [5, 5.41) is 2.85. The van der Waals surface area contributed by atoms with Crippen molar-refractivity contribution in [2.45, 2.75) is 30.4 Å². The van der Waals surface area contributed by atoms with Crippen molar-refractivity contribution in [3.05, 3.63) is 64.7 Å². The zero-order valence-electron chi connectivity index (χ0n) is 14.6. The highest BCUT2D eigenvalue weighted by Crippen LogP contribution is 2.16. The van der Waals surface area contributed by atoms with Crippen LogP contribution in [0.25, 0.3) is 0 Å². The Bertz CT molecular complexity index is 939. The summed E-state index contributed by atoms with van der Waals surface area (Å²) in [6, 6.07) is 13.6. The predicted octanol–water partition coefficient (Wildman–Crippen LogP) is 3.23. The summed E-state index contributed by atoms with van der Waals surface area (Å²) < 4.78 is 24.2. The first-order valence-corrected chi connectivity index (χ1v) is 10.1. The number of halogens is 1. The van der Waals surface area contributed by atoms with E-state index in [1.165, 1.54) is 12.1 Å². The molecule has 0 radical (unpaired) electrons. The zero-order valence-corrected chi connectivity index (χ0v) is 16.2. The first kappa shape index (κ1) is 20.0. The molecule has 0 fully saturated rings. The molecule has 136 valence electrons. The Morgan fingerprint density at radius 2 is 1.85 bits per heavy atom. The van der Waals surface area contributed by atoms with Gasteiger partial charge in [0.1, 0.15) is 0 Å². The van der Waals surface area contributed by atoms with Crippen LogP contribution in [0.15, 0.2) is 53.4 Å². The summed E-state index contributed by atoms with van der Waals surface area (Å²) >= 11 is 5.88. The maximum atomic E-state index is 12.1. The molecule has 0 saturated carbocycles. The number of carbonyl (C=O) groups excluding carboxylic acids is 1. The van der Waals surface area contributed by atoms with Gasteiger partial charge in [0.15, 0.2) is 9.84 Å². The molecule has 0 aliphatic heterocycles. The summed E-state index contributed by atoms with van der Waals surface area (Å²) in [7, 11) is -3.30. The molecule has 2 aromatic rings. The summed E-state index contributed by atoms with van der Waals surface area (Å²) in [5.41, 5.74) is 1.53. The Labute approximate surface area is 159 Å². The predicted molar refractivity (Wildman–Crippen MR) is 104 cm³/mol. The average molecular weight is 390 g/mol. The van der Waals surface area contributed by atoms with Crippen LogP contribution in [0.2, 0.25) is 5.02 Å². The molecule has 0 aliphatic carbocycles. The molecule has 2 aromatic carbocycles. The number of rotatable bonds is 5. The third-order valence-corrected chi connectivity index (χ3v) is 6.07. The van der Waals surface area contributed by atoms with Gasteiger partial charge in [-0.2, -0.15) is 0 Å². The van der Waals surface area contributed by atoms with Crippen LogP contribution in [0.1, 0.15) is 25.0 Å². The third-order valence-electron chi connectivity index (χ3n) is 3.67. The van der Waals surface area contributed by atoms with E-state index in [-0.39, 0.29) is 23.8 Å². The molecule has 0 aromatic heterocycles. The molecular weight excluding hydrogens is 370 g/mol. The second-order valence-electron chi connectivity index (χ2n) is 6.00. The number of hydrogen-bond donors (Lipinski definition) is 1. The van der Waals surface area contributed by atoms with Crippen LogP contribution in [0.5, 0.6) is 0 Å². The van der Waals surface area contributed by atoms with Crippen molar-refractivity contribution in [1.29, 1.82) is 0 Å². The Balaban J connectivity index is 1.89. The molecule has 0 bridgehead atoms. The van der Waals surface area contributed by atoms with E-state index in [9.17, 15) is 13.2 Å². The zero-order chi connectivity index (χ0) is 19.2. The summed E-state index contributed by atoms with van der Waals surface area (Å²) in [5.74, 6) is 5.61. The number of hydrogen-bond acceptors (Lipinski definition) is 3. The highest BCUT2D eigenvalue weighted by molar-refractivity contribution is 7.92. The minimum atomic E-state index is -3.30. The van der Waals surface area contributed by atoms with Crippen LogP contribution in [0.3, 0.4) is 0 Å². The Morgan fingerprint density at radius 3 is 2.46 bits per heavy atom. The Kier molecular flexibility index (Phi) is 6.84. The van der Waals surface area contributed by atoms with Gasteiger partial charge in [0.25, 0.3) is 0 Å². The molecular formula is C20H20ClNO3S. The van der Waals surface area contributed by atoms with Gasteiger partial charge in [-0.1, -0.05) is 41.6 Å². The lowest BCUT2D eigenvalue weighted by atomic mass is 10.1. The van der Waals surface area contributed by atoms with Gasteiger partial charge in [0, 0.05) is 10.6 Å². The second-order valence-corrected chi connectivity index (χ2v) is 8.94. The topological polar surface area (TPSA) is 63.2 Å². The van der Waals surface area contributed by atoms with Crippen molar-refractivity contribution >= 4 is 27.3 Å². The van der Waals surface area contributed by atoms with E-state index in [4.69, 9.17) is 11.6 Å². The lowest BCUT2D eigenvalue weighted by Crippen LogP contribution is -2.25. The highest BCUT2D eigenvalue weighted by atomic mass is 35.5. The smallest absolute Gasteiger partial charge is 0.225 e. The van der Waals surface area contributed by atoms with E-state index in [2.05, 4.69) is 17.2 Å². The van der Waals surface area contributed by atoms with Gasteiger partial charge >= 0.3 is 0 Å². The average Bonchev–Trinajstić information content (AvgIpc) is 2.59. The van der Waals surface area contributed by atoms with E-state index in [0.717, 1.165) is 11.1 Å². The van der Waals surface area contributed by atoms with Gasteiger partial charge in [-0.3, -0.25) is 4.79 Å². The van der Waals surface area contributed by atoms with Crippen molar-refractivity contribution in [2.24, 2.45) is 0 Å². The normalized spacial score (nSPS) is 10.9. The minimum absolute atomic E-state index is 0.168. The van der Waals surface area contributed by atoms with Gasteiger partial charge < -0.3 is 5.32 Å². The molecule has 2 rings (SSSR count). The number of amides is 1. The van der Waals surface area contributed by atoms with Crippen LogP contribution in [0.4, 0.5) is 0 Å². The first-order valence-electron chi connectivity index (χ1n) is 8.13. The third kappa shape index (κ3) is 5.62. The van der Waals surface area contributed by atoms with Crippen LogP contribution in [0, 0.1) is 11.8 Å². The van der Waals surface area contributed by atoms with Crippen molar-refractivity contribution in [2.75, 3.05) is 6.54 Å². The number of sulfone groups is 1. The molecule has 1 amide bonds. The van der Waals surface area contributed by atoms with Crippen LogP contribution >= 0.6 is 11.6 Å². The summed E-state index contributed by atoms with van der Waals surface area (Å²) in [6.07, 6.45) is 0.168. The second kappa shape index (κ2) is 8.88. The lowest BCUT2D eigenvalue weighted by Gasteiger charge is -2.08. The van der Waals surface area contributed by atoms with E-state index in [0.29, 0.717) is 5.02 Å². The van der Waals surface area contributed by atoms with Gasteiger partial charge in [-0.25, -0.2) is 8.42 Å². The molecule has 0 heterocycles. The van der Waals surface area contributed by atoms with E-state index in [1.54, 1.807) is 38.1 Å². The van der Waals surface area contributed by atoms with Crippen LogP contribution < -0.4 is 5.32 Å². The van der Waals surface area contributed by atoms with E-state index in [1.807, 2.05) is 12.1 Å². The minimum Gasteiger partial charge on any atom is -0.345 e. The van der Waals surface area contributed by atoms with Crippen molar-refractivity contribution in [1.82, 2.24) is 5.32 Å². The first-order chi connectivity index (χ1) is 12.3.